The minimum absolute atomic E-state index is 0.326. The second-order valence-electron chi connectivity index (χ2n) is 6.92. The van der Waals surface area contributed by atoms with E-state index in [4.69, 9.17) is 4.74 Å². The van der Waals surface area contributed by atoms with Crippen LogP contribution in [0, 0.1) is 5.92 Å². The number of pyridine rings is 1. The zero-order valence-corrected chi connectivity index (χ0v) is 15.4. The summed E-state index contributed by atoms with van der Waals surface area (Å²) in [6, 6.07) is 14.4. The fourth-order valence-corrected chi connectivity index (χ4v) is 5.42. The highest BCUT2D eigenvalue weighted by molar-refractivity contribution is 7.89. The van der Waals surface area contributed by atoms with Crippen molar-refractivity contribution in [1.29, 1.82) is 0 Å². The number of nitrogens with one attached hydrogen (secondary N) is 1. The molecule has 4 rings (SSSR count). The molecule has 1 aromatic carbocycles. The second-order valence-corrected chi connectivity index (χ2v) is 8.85. The Morgan fingerprint density at radius 2 is 1.92 bits per heavy atom. The number of hydrogen-bond acceptors (Lipinski definition) is 5. The van der Waals surface area contributed by atoms with Gasteiger partial charge in [0.05, 0.1) is 10.5 Å². The number of hydrogen-bond donors (Lipinski definition) is 1. The lowest BCUT2D eigenvalue weighted by atomic mass is 9.80. The SMILES string of the molecule is O=S(=O)(c1ccccc1)N1CC2(C1)OCCC2CCNc1ccccn1. The van der Waals surface area contributed by atoms with Crippen molar-refractivity contribution >= 4 is 15.8 Å². The van der Waals surface area contributed by atoms with Gasteiger partial charge in [0, 0.05) is 32.4 Å². The van der Waals surface area contributed by atoms with Gasteiger partial charge in [-0.05, 0) is 43.0 Å². The Hall–Kier alpha value is -1.96. The molecule has 2 saturated heterocycles. The lowest BCUT2D eigenvalue weighted by molar-refractivity contribution is -0.102. The van der Waals surface area contributed by atoms with Gasteiger partial charge in [-0.1, -0.05) is 24.3 Å². The van der Waals surface area contributed by atoms with Crippen LogP contribution in [0.3, 0.4) is 0 Å². The van der Waals surface area contributed by atoms with Crippen molar-refractivity contribution in [2.75, 3.05) is 31.6 Å². The fourth-order valence-electron chi connectivity index (χ4n) is 3.85. The largest absolute Gasteiger partial charge is 0.372 e. The predicted octanol–water partition coefficient (Wildman–Crippen LogP) is 2.36. The van der Waals surface area contributed by atoms with Crippen molar-refractivity contribution in [2.24, 2.45) is 5.92 Å². The van der Waals surface area contributed by atoms with E-state index in [1.165, 1.54) is 4.31 Å². The first-order valence-corrected chi connectivity index (χ1v) is 10.4. The maximum atomic E-state index is 12.7. The summed E-state index contributed by atoms with van der Waals surface area (Å²) in [6.07, 6.45) is 3.68. The lowest BCUT2D eigenvalue weighted by Gasteiger charge is -2.49. The normalized spacial score (nSPS) is 22.2. The molecular weight excluding hydrogens is 350 g/mol. The van der Waals surface area contributed by atoms with Gasteiger partial charge in [0.2, 0.25) is 10.0 Å². The molecule has 138 valence electrons. The Morgan fingerprint density at radius 3 is 2.65 bits per heavy atom. The molecule has 1 N–H and O–H groups in total. The van der Waals surface area contributed by atoms with E-state index in [0.29, 0.717) is 30.5 Å². The van der Waals surface area contributed by atoms with Crippen LogP contribution in [-0.2, 0) is 14.8 Å². The lowest BCUT2D eigenvalue weighted by Crippen LogP contribution is -2.66. The van der Waals surface area contributed by atoms with E-state index in [0.717, 1.165) is 25.2 Å². The second kappa shape index (κ2) is 6.98. The molecule has 2 fully saturated rings. The Balaban J connectivity index is 1.36. The standard InChI is InChI=1S/C19H23N3O3S/c23-26(24,17-6-2-1-3-7-17)22-14-19(15-22)16(10-13-25-19)9-12-21-18-8-4-5-11-20-18/h1-8,11,16H,9-10,12-15H2,(H,20,21). The monoisotopic (exact) mass is 373 g/mol. The van der Waals surface area contributed by atoms with Crippen LogP contribution in [-0.4, -0.2) is 49.5 Å². The molecule has 0 saturated carbocycles. The first-order valence-electron chi connectivity index (χ1n) is 8.94. The van der Waals surface area contributed by atoms with Crippen LogP contribution in [0.2, 0.25) is 0 Å². The topological polar surface area (TPSA) is 71.5 Å². The molecule has 1 aromatic heterocycles. The van der Waals surface area contributed by atoms with Gasteiger partial charge in [-0.2, -0.15) is 4.31 Å². The minimum atomic E-state index is -3.42. The molecule has 2 aliphatic rings. The van der Waals surface area contributed by atoms with Crippen molar-refractivity contribution in [1.82, 2.24) is 9.29 Å². The van der Waals surface area contributed by atoms with Gasteiger partial charge >= 0.3 is 0 Å². The van der Waals surface area contributed by atoms with Crippen LogP contribution < -0.4 is 5.32 Å². The van der Waals surface area contributed by atoms with Crippen LogP contribution in [0.4, 0.5) is 5.82 Å². The summed E-state index contributed by atoms with van der Waals surface area (Å²) >= 11 is 0. The van der Waals surface area contributed by atoms with Gasteiger partial charge in [0.15, 0.2) is 0 Å². The van der Waals surface area contributed by atoms with Crippen LogP contribution in [0.25, 0.3) is 0 Å². The van der Waals surface area contributed by atoms with Gasteiger partial charge < -0.3 is 10.1 Å². The van der Waals surface area contributed by atoms with Crippen LogP contribution >= 0.6 is 0 Å². The van der Waals surface area contributed by atoms with Gasteiger partial charge in [0.1, 0.15) is 5.82 Å². The maximum Gasteiger partial charge on any atom is 0.243 e. The van der Waals surface area contributed by atoms with Crippen LogP contribution in [0.1, 0.15) is 12.8 Å². The van der Waals surface area contributed by atoms with E-state index in [9.17, 15) is 8.42 Å². The summed E-state index contributed by atoms with van der Waals surface area (Å²) in [4.78, 5) is 4.61. The average molecular weight is 373 g/mol. The van der Waals surface area contributed by atoms with Crippen molar-refractivity contribution < 1.29 is 13.2 Å². The molecule has 1 atom stereocenters. The van der Waals surface area contributed by atoms with Gasteiger partial charge in [0.25, 0.3) is 0 Å². The molecule has 0 amide bonds. The van der Waals surface area contributed by atoms with E-state index >= 15 is 0 Å². The van der Waals surface area contributed by atoms with E-state index in [1.54, 1.807) is 30.5 Å². The van der Waals surface area contributed by atoms with Gasteiger partial charge in [-0.25, -0.2) is 13.4 Å². The highest BCUT2D eigenvalue weighted by Crippen LogP contribution is 2.43. The van der Waals surface area contributed by atoms with Crippen molar-refractivity contribution in [2.45, 2.75) is 23.3 Å². The Kier molecular flexibility index (Phi) is 4.69. The quantitative estimate of drug-likeness (QED) is 0.842. The third-order valence-electron chi connectivity index (χ3n) is 5.33. The number of anilines is 1. The molecule has 0 aliphatic carbocycles. The number of aromatic nitrogens is 1. The molecule has 0 radical (unpaired) electrons. The molecule has 2 aliphatic heterocycles. The number of rotatable bonds is 6. The molecule has 6 nitrogen and oxygen atoms in total. The van der Waals surface area contributed by atoms with Crippen LogP contribution in [0.5, 0.6) is 0 Å². The number of nitrogens with zero attached hydrogens (tertiary/aromatic N) is 2. The molecule has 2 aromatic rings. The zero-order chi connectivity index (χ0) is 18.0. The third-order valence-corrected chi connectivity index (χ3v) is 7.14. The summed E-state index contributed by atoms with van der Waals surface area (Å²) in [5.74, 6) is 1.23. The molecule has 0 bridgehead atoms. The van der Waals surface area contributed by atoms with Gasteiger partial charge in [-0.15, -0.1) is 0 Å². The number of benzene rings is 1. The molecule has 26 heavy (non-hydrogen) atoms. The fraction of sp³-hybridized carbons (Fsp3) is 0.421. The predicted molar refractivity (Wildman–Crippen MR) is 99.3 cm³/mol. The van der Waals surface area contributed by atoms with E-state index < -0.39 is 10.0 Å². The van der Waals surface area contributed by atoms with E-state index in [1.807, 2.05) is 24.3 Å². The highest BCUT2D eigenvalue weighted by atomic mass is 32.2. The Morgan fingerprint density at radius 1 is 1.15 bits per heavy atom. The van der Waals surface area contributed by atoms with E-state index in [2.05, 4.69) is 10.3 Å². The molecular formula is C19H23N3O3S. The van der Waals surface area contributed by atoms with Gasteiger partial charge in [-0.3, -0.25) is 0 Å². The third kappa shape index (κ3) is 3.22. The summed E-state index contributed by atoms with van der Waals surface area (Å²) in [6.45, 7) is 2.39. The van der Waals surface area contributed by atoms with Crippen molar-refractivity contribution in [3.05, 3.63) is 54.7 Å². The maximum absolute atomic E-state index is 12.7. The van der Waals surface area contributed by atoms with Crippen LogP contribution in [0.15, 0.2) is 59.6 Å². The summed E-state index contributed by atoms with van der Waals surface area (Å²) in [5, 5.41) is 3.33. The summed E-state index contributed by atoms with van der Waals surface area (Å²) in [7, 11) is -3.42. The van der Waals surface area contributed by atoms with Crippen molar-refractivity contribution in [3.8, 4) is 0 Å². The molecule has 3 heterocycles. The average Bonchev–Trinajstić information content (AvgIpc) is 3.06. The molecule has 1 unspecified atom stereocenters. The van der Waals surface area contributed by atoms with Crippen molar-refractivity contribution in [3.63, 3.8) is 0 Å². The first kappa shape index (κ1) is 17.5. The number of sulfonamides is 1. The van der Waals surface area contributed by atoms with E-state index in [-0.39, 0.29) is 5.60 Å². The highest BCUT2D eigenvalue weighted by Gasteiger charge is 2.56. The summed E-state index contributed by atoms with van der Waals surface area (Å²) in [5.41, 5.74) is -0.326. The molecule has 1 spiro atoms. The molecule has 7 heteroatoms. The smallest absolute Gasteiger partial charge is 0.243 e. The summed E-state index contributed by atoms with van der Waals surface area (Å²) < 4.78 is 33.0. The number of ether oxygens (including phenoxy) is 1. The Labute approximate surface area is 154 Å². The minimum Gasteiger partial charge on any atom is -0.372 e. The Bertz CT molecular complexity index is 837. The first-order chi connectivity index (χ1) is 12.6. The zero-order valence-electron chi connectivity index (χ0n) is 14.5.